The van der Waals surface area contributed by atoms with Crippen molar-refractivity contribution in [2.75, 3.05) is 26.1 Å². The van der Waals surface area contributed by atoms with E-state index in [1.807, 2.05) is 54.6 Å². The summed E-state index contributed by atoms with van der Waals surface area (Å²) in [6.45, 7) is 0.570. The summed E-state index contributed by atoms with van der Waals surface area (Å²) in [5.41, 5.74) is 2.73. The number of anilines is 1. The lowest BCUT2D eigenvalue weighted by atomic mass is 10.2. The molecule has 5 heteroatoms. The first-order valence-corrected chi connectivity index (χ1v) is 9.66. The van der Waals surface area contributed by atoms with Crippen molar-refractivity contribution >= 4 is 17.7 Å². The normalized spacial score (nSPS) is 10.6. The summed E-state index contributed by atoms with van der Waals surface area (Å²) in [6.07, 6.45) is 4.02. The molecule has 0 spiro atoms. The molecule has 0 fully saturated rings. The highest BCUT2D eigenvalue weighted by Gasteiger charge is 2.04. The molecule has 0 bridgehead atoms. The Morgan fingerprint density at radius 1 is 0.900 bits per heavy atom. The van der Waals surface area contributed by atoms with Crippen LogP contribution in [0.3, 0.4) is 0 Å². The minimum atomic E-state index is -0.230. The Hall–Kier alpha value is -3.73. The van der Waals surface area contributed by atoms with Gasteiger partial charge in [0.25, 0.3) is 0 Å². The van der Waals surface area contributed by atoms with E-state index in [0.717, 1.165) is 12.0 Å². The maximum absolute atomic E-state index is 12.3. The molecule has 1 N–H and O–H groups in total. The molecule has 0 aliphatic rings. The number of hydrogen-bond donors (Lipinski definition) is 1. The molecular formula is C25H25NO4. The van der Waals surface area contributed by atoms with Crippen molar-refractivity contribution in [2.24, 2.45) is 0 Å². The van der Waals surface area contributed by atoms with Crippen LogP contribution >= 0.6 is 0 Å². The minimum absolute atomic E-state index is 0.230. The highest BCUT2D eigenvalue weighted by molar-refractivity contribution is 6.02. The molecule has 30 heavy (non-hydrogen) atoms. The van der Waals surface area contributed by atoms with Gasteiger partial charge < -0.3 is 19.5 Å². The molecule has 0 aromatic heterocycles. The van der Waals surface area contributed by atoms with Gasteiger partial charge in [0.1, 0.15) is 5.75 Å². The van der Waals surface area contributed by atoms with Crippen LogP contribution < -0.4 is 19.5 Å². The number of ether oxygens (including phenoxy) is 3. The van der Waals surface area contributed by atoms with Gasteiger partial charge in [-0.25, -0.2) is 0 Å². The fraction of sp³-hybridized carbons (Fsp3) is 0.160. The van der Waals surface area contributed by atoms with E-state index in [1.165, 1.54) is 11.6 Å². The van der Waals surface area contributed by atoms with Gasteiger partial charge >= 0.3 is 0 Å². The topological polar surface area (TPSA) is 56.8 Å². The van der Waals surface area contributed by atoms with Gasteiger partial charge in [0.15, 0.2) is 11.5 Å². The van der Waals surface area contributed by atoms with Crippen molar-refractivity contribution in [1.29, 1.82) is 0 Å². The van der Waals surface area contributed by atoms with Gasteiger partial charge in [-0.1, -0.05) is 42.5 Å². The van der Waals surface area contributed by atoms with Gasteiger partial charge in [0.05, 0.1) is 20.8 Å². The van der Waals surface area contributed by atoms with Gasteiger partial charge in [-0.05, 0) is 41.5 Å². The van der Waals surface area contributed by atoms with Crippen LogP contribution in [0.2, 0.25) is 0 Å². The van der Waals surface area contributed by atoms with Crippen LogP contribution in [-0.4, -0.2) is 26.7 Å². The molecule has 0 aliphatic heterocycles. The average Bonchev–Trinajstić information content (AvgIpc) is 2.78. The first-order valence-electron chi connectivity index (χ1n) is 9.66. The Balaban J connectivity index is 1.55. The maximum atomic E-state index is 12.3. The lowest BCUT2D eigenvalue weighted by Crippen LogP contribution is -2.08. The van der Waals surface area contributed by atoms with Crippen molar-refractivity contribution in [3.8, 4) is 17.2 Å². The van der Waals surface area contributed by atoms with Crippen molar-refractivity contribution in [2.45, 2.75) is 6.42 Å². The molecule has 0 atom stereocenters. The molecule has 3 aromatic carbocycles. The monoisotopic (exact) mass is 403 g/mol. The zero-order valence-electron chi connectivity index (χ0n) is 17.1. The summed E-state index contributed by atoms with van der Waals surface area (Å²) in [4.78, 5) is 12.3. The Morgan fingerprint density at radius 2 is 1.70 bits per heavy atom. The van der Waals surface area contributed by atoms with Crippen molar-refractivity contribution in [1.82, 2.24) is 0 Å². The van der Waals surface area contributed by atoms with Crippen LogP contribution in [0.25, 0.3) is 6.08 Å². The van der Waals surface area contributed by atoms with E-state index in [4.69, 9.17) is 14.2 Å². The van der Waals surface area contributed by atoms with Crippen LogP contribution in [-0.2, 0) is 11.2 Å². The van der Waals surface area contributed by atoms with E-state index in [0.29, 0.717) is 29.5 Å². The van der Waals surface area contributed by atoms with Gasteiger partial charge in [0, 0.05) is 24.3 Å². The molecule has 0 heterocycles. The molecule has 0 saturated carbocycles. The molecule has 3 rings (SSSR count). The van der Waals surface area contributed by atoms with Crippen molar-refractivity contribution in [3.63, 3.8) is 0 Å². The SMILES string of the molecule is COc1ccc(/C=C/C(=O)Nc2cccc(OCCc3ccccc3)c2)cc1OC. The number of methoxy groups -OCH3 is 2. The second kappa shape index (κ2) is 10.7. The van der Waals surface area contributed by atoms with Crippen LogP contribution in [0.5, 0.6) is 17.2 Å². The van der Waals surface area contributed by atoms with Crippen LogP contribution in [0.1, 0.15) is 11.1 Å². The van der Waals surface area contributed by atoms with Crippen molar-refractivity contribution < 1.29 is 19.0 Å². The van der Waals surface area contributed by atoms with E-state index in [9.17, 15) is 4.79 Å². The average molecular weight is 403 g/mol. The Labute approximate surface area is 176 Å². The number of rotatable bonds is 9. The van der Waals surface area contributed by atoms with E-state index in [2.05, 4.69) is 17.4 Å². The summed E-state index contributed by atoms with van der Waals surface area (Å²) in [5.74, 6) is 1.74. The summed E-state index contributed by atoms with van der Waals surface area (Å²) < 4.78 is 16.3. The highest BCUT2D eigenvalue weighted by Crippen LogP contribution is 2.28. The maximum Gasteiger partial charge on any atom is 0.248 e. The smallest absolute Gasteiger partial charge is 0.248 e. The van der Waals surface area contributed by atoms with Crippen LogP contribution in [0.15, 0.2) is 78.9 Å². The van der Waals surface area contributed by atoms with E-state index in [-0.39, 0.29) is 5.91 Å². The molecule has 5 nitrogen and oxygen atoms in total. The first-order chi connectivity index (χ1) is 14.7. The third-order valence-electron chi connectivity index (χ3n) is 4.44. The largest absolute Gasteiger partial charge is 0.493 e. The highest BCUT2D eigenvalue weighted by atomic mass is 16.5. The summed E-state index contributed by atoms with van der Waals surface area (Å²) >= 11 is 0. The van der Waals surface area contributed by atoms with Crippen LogP contribution in [0, 0.1) is 0 Å². The molecule has 0 saturated heterocycles. The third-order valence-corrected chi connectivity index (χ3v) is 4.44. The van der Waals surface area contributed by atoms with E-state index >= 15 is 0 Å². The lowest BCUT2D eigenvalue weighted by Gasteiger charge is -2.09. The molecule has 0 aliphatic carbocycles. The Morgan fingerprint density at radius 3 is 2.47 bits per heavy atom. The predicted octanol–water partition coefficient (Wildman–Crippen LogP) is 4.98. The number of amides is 1. The van der Waals surface area contributed by atoms with Crippen molar-refractivity contribution in [3.05, 3.63) is 90.0 Å². The van der Waals surface area contributed by atoms with Gasteiger partial charge in [-0.3, -0.25) is 4.79 Å². The van der Waals surface area contributed by atoms with E-state index < -0.39 is 0 Å². The predicted molar refractivity (Wildman–Crippen MR) is 119 cm³/mol. The number of benzene rings is 3. The van der Waals surface area contributed by atoms with E-state index in [1.54, 1.807) is 26.4 Å². The van der Waals surface area contributed by atoms with Gasteiger partial charge in [0.2, 0.25) is 5.91 Å². The number of nitrogens with one attached hydrogen (secondary N) is 1. The zero-order chi connectivity index (χ0) is 21.2. The zero-order valence-corrected chi connectivity index (χ0v) is 17.1. The third kappa shape index (κ3) is 6.14. The minimum Gasteiger partial charge on any atom is -0.493 e. The first kappa shape index (κ1) is 21.0. The molecule has 0 unspecified atom stereocenters. The molecule has 1 amide bonds. The standard InChI is InChI=1S/C25H25NO4/c1-28-23-13-11-20(17-24(23)29-2)12-14-25(27)26-21-9-6-10-22(18-21)30-16-15-19-7-4-3-5-8-19/h3-14,17-18H,15-16H2,1-2H3,(H,26,27)/b14-12+. The Kier molecular flexibility index (Phi) is 7.50. The number of carbonyl (C=O) groups is 1. The second-order valence-electron chi connectivity index (χ2n) is 6.55. The number of carbonyl (C=O) groups excluding carboxylic acids is 1. The number of hydrogen-bond acceptors (Lipinski definition) is 4. The second-order valence-corrected chi connectivity index (χ2v) is 6.55. The quantitative estimate of drug-likeness (QED) is 0.512. The van der Waals surface area contributed by atoms with Gasteiger partial charge in [-0.15, -0.1) is 0 Å². The molecule has 0 radical (unpaired) electrons. The fourth-order valence-corrected chi connectivity index (χ4v) is 2.91. The molecule has 154 valence electrons. The molecule has 3 aromatic rings. The fourth-order valence-electron chi connectivity index (χ4n) is 2.91. The molecular weight excluding hydrogens is 378 g/mol. The van der Waals surface area contributed by atoms with Gasteiger partial charge in [-0.2, -0.15) is 0 Å². The Bertz CT molecular complexity index is 999. The van der Waals surface area contributed by atoms with Crippen LogP contribution in [0.4, 0.5) is 5.69 Å². The summed E-state index contributed by atoms with van der Waals surface area (Å²) in [5, 5.41) is 2.85. The summed E-state index contributed by atoms with van der Waals surface area (Å²) in [6, 6.07) is 23.0. The summed E-state index contributed by atoms with van der Waals surface area (Å²) in [7, 11) is 3.16. The lowest BCUT2D eigenvalue weighted by molar-refractivity contribution is -0.111.